The summed E-state index contributed by atoms with van der Waals surface area (Å²) >= 11 is 1.25. The highest BCUT2D eigenvalue weighted by Crippen LogP contribution is 2.33. The first-order chi connectivity index (χ1) is 14.4. The number of sulfonamides is 1. The average molecular weight is 448 g/mol. The number of nitrogens with zero attached hydrogens (tertiary/aromatic N) is 4. The first kappa shape index (κ1) is 20.6. The number of amides is 1. The van der Waals surface area contributed by atoms with Crippen LogP contribution in [-0.4, -0.2) is 47.1 Å². The minimum atomic E-state index is -3.65. The summed E-state index contributed by atoms with van der Waals surface area (Å²) in [5.74, 6) is 0.0630. The van der Waals surface area contributed by atoms with Gasteiger partial charge in [0.15, 0.2) is 5.76 Å². The lowest BCUT2D eigenvalue weighted by Crippen LogP contribution is -2.38. The zero-order chi connectivity index (χ0) is 21.3. The first-order valence-corrected chi connectivity index (χ1v) is 11.7. The van der Waals surface area contributed by atoms with Crippen LogP contribution in [0.1, 0.15) is 45.0 Å². The highest BCUT2D eigenvalue weighted by atomic mass is 32.2. The Morgan fingerprint density at radius 2 is 1.87 bits per heavy atom. The molecule has 1 aliphatic heterocycles. The van der Waals surface area contributed by atoms with Crippen LogP contribution in [0.3, 0.4) is 0 Å². The van der Waals surface area contributed by atoms with E-state index in [1.54, 1.807) is 26.0 Å². The Labute approximate surface area is 178 Å². The molecule has 3 aromatic rings. The van der Waals surface area contributed by atoms with Crippen molar-refractivity contribution in [2.45, 2.75) is 37.5 Å². The maximum Gasteiger partial charge on any atom is 0.286 e. The number of carbonyl (C=O) groups is 1. The lowest BCUT2D eigenvalue weighted by molar-refractivity contribution is 0.102. The molecule has 1 aromatic carbocycles. The number of nitrogens with one attached hydrogen (secondary N) is 1. The summed E-state index contributed by atoms with van der Waals surface area (Å²) in [6, 6.07) is 9.15. The van der Waals surface area contributed by atoms with E-state index in [2.05, 4.69) is 20.7 Å². The number of anilines is 1. The topological polar surface area (TPSA) is 118 Å². The predicted octanol–water partition coefficient (Wildman–Crippen LogP) is 2.96. The van der Waals surface area contributed by atoms with Gasteiger partial charge in [0.2, 0.25) is 15.0 Å². The molecule has 11 heteroatoms. The van der Waals surface area contributed by atoms with E-state index in [4.69, 9.17) is 4.52 Å². The molecule has 158 valence electrons. The largest absolute Gasteiger partial charge is 0.360 e. The molecule has 1 aliphatic rings. The highest BCUT2D eigenvalue weighted by molar-refractivity contribution is 7.89. The van der Waals surface area contributed by atoms with E-state index in [1.165, 1.54) is 15.6 Å². The fourth-order valence-corrected chi connectivity index (χ4v) is 6.18. The lowest BCUT2D eigenvalue weighted by Gasteiger charge is -2.29. The smallest absolute Gasteiger partial charge is 0.286 e. The standard InChI is InChI=1S/C19H21N5O4S2/c1-12-16(13(2)28-23-12)30(26,27)24-10-8-14(9-11-24)18-21-22-19(29-18)17(25)20-15-6-4-3-5-7-15/h3-7,14H,8-11H2,1-2H3,(H,20,25). The zero-order valence-corrected chi connectivity index (χ0v) is 18.2. The maximum atomic E-state index is 12.9. The van der Waals surface area contributed by atoms with Crippen molar-refractivity contribution in [3.8, 4) is 0 Å². The van der Waals surface area contributed by atoms with E-state index in [-0.39, 0.29) is 16.7 Å². The third kappa shape index (κ3) is 4.00. The van der Waals surface area contributed by atoms with E-state index in [0.717, 1.165) is 5.01 Å². The summed E-state index contributed by atoms with van der Waals surface area (Å²) < 4.78 is 32.4. The number of hydrogen-bond acceptors (Lipinski definition) is 8. The fourth-order valence-electron chi connectivity index (χ4n) is 3.51. The number of aryl methyl sites for hydroxylation is 2. The number of para-hydroxylation sites is 1. The molecule has 2 aromatic heterocycles. The molecule has 0 atom stereocenters. The Kier molecular flexibility index (Phi) is 5.67. The van der Waals surface area contributed by atoms with Crippen molar-refractivity contribution in [1.29, 1.82) is 0 Å². The summed E-state index contributed by atoms with van der Waals surface area (Å²) in [7, 11) is -3.65. The second kappa shape index (κ2) is 8.25. The van der Waals surface area contributed by atoms with Crippen LogP contribution >= 0.6 is 11.3 Å². The van der Waals surface area contributed by atoms with Crippen molar-refractivity contribution in [1.82, 2.24) is 19.7 Å². The van der Waals surface area contributed by atoms with Crippen molar-refractivity contribution >= 4 is 33.0 Å². The SMILES string of the molecule is Cc1noc(C)c1S(=O)(=O)N1CCC(c2nnc(C(=O)Nc3ccccc3)s2)CC1. The molecule has 1 fully saturated rings. The van der Waals surface area contributed by atoms with Gasteiger partial charge in [0.1, 0.15) is 15.6 Å². The Hall–Kier alpha value is -2.63. The number of piperidine rings is 1. The van der Waals surface area contributed by atoms with Crippen molar-refractivity contribution in [3.05, 3.63) is 51.8 Å². The molecular weight excluding hydrogens is 426 g/mol. The first-order valence-electron chi connectivity index (χ1n) is 9.49. The number of benzene rings is 1. The second-order valence-electron chi connectivity index (χ2n) is 7.10. The van der Waals surface area contributed by atoms with Gasteiger partial charge >= 0.3 is 0 Å². The van der Waals surface area contributed by atoms with Crippen molar-refractivity contribution in [2.24, 2.45) is 0 Å². The monoisotopic (exact) mass is 447 g/mol. The number of rotatable bonds is 5. The third-order valence-corrected chi connectivity index (χ3v) is 8.26. The van der Waals surface area contributed by atoms with Gasteiger partial charge in [-0.2, -0.15) is 4.31 Å². The quantitative estimate of drug-likeness (QED) is 0.639. The van der Waals surface area contributed by atoms with Crippen LogP contribution in [0.5, 0.6) is 0 Å². The molecule has 30 heavy (non-hydrogen) atoms. The van der Waals surface area contributed by atoms with Crippen molar-refractivity contribution in [2.75, 3.05) is 18.4 Å². The number of aromatic nitrogens is 3. The summed E-state index contributed by atoms with van der Waals surface area (Å²) in [5.41, 5.74) is 1.06. The maximum absolute atomic E-state index is 12.9. The molecular formula is C19H21N5O4S2. The minimum Gasteiger partial charge on any atom is -0.360 e. The molecule has 0 radical (unpaired) electrons. The molecule has 0 bridgehead atoms. The molecule has 0 unspecified atom stereocenters. The van der Waals surface area contributed by atoms with E-state index in [9.17, 15) is 13.2 Å². The number of hydrogen-bond donors (Lipinski definition) is 1. The molecule has 1 N–H and O–H groups in total. The summed E-state index contributed by atoms with van der Waals surface area (Å²) in [4.78, 5) is 12.5. The molecule has 1 saturated heterocycles. The van der Waals surface area contributed by atoms with Gasteiger partial charge in [-0.15, -0.1) is 10.2 Å². The summed E-state index contributed by atoms with van der Waals surface area (Å²) in [6.45, 7) is 3.95. The van der Waals surface area contributed by atoms with Crippen molar-refractivity contribution in [3.63, 3.8) is 0 Å². The zero-order valence-electron chi connectivity index (χ0n) is 16.5. The van der Waals surface area contributed by atoms with E-state index >= 15 is 0 Å². The Bertz CT molecular complexity index is 1130. The highest BCUT2D eigenvalue weighted by Gasteiger charge is 2.35. The van der Waals surface area contributed by atoms with Gasteiger partial charge in [-0.3, -0.25) is 4.79 Å². The minimum absolute atomic E-state index is 0.0666. The van der Waals surface area contributed by atoms with Gasteiger partial charge in [0.25, 0.3) is 5.91 Å². The molecule has 0 spiro atoms. The van der Waals surface area contributed by atoms with Crippen LogP contribution < -0.4 is 5.32 Å². The normalized spacial score (nSPS) is 15.9. The summed E-state index contributed by atoms with van der Waals surface area (Å²) in [5, 5.41) is 15.8. The van der Waals surface area contributed by atoms with Crippen LogP contribution in [0, 0.1) is 13.8 Å². The molecule has 0 saturated carbocycles. The van der Waals surface area contributed by atoms with E-state index in [1.807, 2.05) is 18.2 Å². The number of carbonyl (C=O) groups excluding carboxylic acids is 1. The van der Waals surface area contributed by atoms with Gasteiger partial charge in [-0.1, -0.05) is 34.7 Å². The Balaban J connectivity index is 1.41. The third-order valence-electron chi connectivity index (χ3n) is 5.04. The second-order valence-corrected chi connectivity index (χ2v) is 9.98. The van der Waals surface area contributed by atoms with Crippen molar-refractivity contribution < 1.29 is 17.7 Å². The Morgan fingerprint density at radius 3 is 2.50 bits per heavy atom. The average Bonchev–Trinajstić information content (AvgIpc) is 3.36. The van der Waals surface area contributed by atoms with Crippen LogP contribution in [0.2, 0.25) is 0 Å². The van der Waals surface area contributed by atoms with E-state index in [0.29, 0.717) is 48.1 Å². The van der Waals surface area contributed by atoms with Gasteiger partial charge in [0, 0.05) is 24.7 Å². The van der Waals surface area contributed by atoms with Gasteiger partial charge < -0.3 is 9.84 Å². The lowest BCUT2D eigenvalue weighted by atomic mass is 9.99. The molecule has 3 heterocycles. The van der Waals surface area contributed by atoms with Crippen LogP contribution in [0.4, 0.5) is 5.69 Å². The molecule has 1 amide bonds. The molecule has 4 rings (SSSR count). The molecule has 9 nitrogen and oxygen atoms in total. The Morgan fingerprint density at radius 1 is 1.17 bits per heavy atom. The van der Waals surface area contributed by atoms with Crippen LogP contribution in [-0.2, 0) is 10.0 Å². The van der Waals surface area contributed by atoms with Gasteiger partial charge in [-0.25, -0.2) is 8.42 Å². The fraction of sp³-hybridized carbons (Fsp3) is 0.368. The molecule has 0 aliphatic carbocycles. The predicted molar refractivity (Wildman–Crippen MR) is 111 cm³/mol. The van der Waals surface area contributed by atoms with Crippen LogP contribution in [0.15, 0.2) is 39.8 Å². The van der Waals surface area contributed by atoms with Gasteiger partial charge in [0.05, 0.1) is 0 Å². The van der Waals surface area contributed by atoms with E-state index < -0.39 is 10.0 Å². The van der Waals surface area contributed by atoms with Crippen LogP contribution in [0.25, 0.3) is 0 Å². The van der Waals surface area contributed by atoms with Gasteiger partial charge in [-0.05, 0) is 38.8 Å². The summed E-state index contributed by atoms with van der Waals surface area (Å²) in [6.07, 6.45) is 1.22.